The molecule has 0 spiro atoms. The van der Waals surface area contributed by atoms with Gasteiger partial charge in [0.15, 0.2) is 0 Å². The van der Waals surface area contributed by atoms with Crippen molar-refractivity contribution in [2.75, 3.05) is 19.6 Å². The maximum Gasteiger partial charge on any atom is 0.106 e. The first kappa shape index (κ1) is 19.4. The molecule has 0 aliphatic heterocycles. The molecule has 1 N–H and O–H groups in total. The topological polar surface area (TPSA) is 39.1 Å². The molecule has 0 saturated carbocycles. The number of nitrogens with zero attached hydrogens (tertiary/aromatic N) is 2. The molecule has 0 aromatic carbocycles. The van der Waals surface area contributed by atoms with Crippen LogP contribution in [-0.4, -0.2) is 36.1 Å². The van der Waals surface area contributed by atoms with Gasteiger partial charge < -0.3 is 4.90 Å². The molecule has 0 amide bonds. The molecule has 3 nitrogen and oxygen atoms in total. The third-order valence-electron chi connectivity index (χ3n) is 4.17. The van der Waals surface area contributed by atoms with Crippen LogP contribution in [0, 0.1) is 17.2 Å². The van der Waals surface area contributed by atoms with Crippen LogP contribution in [-0.2, 0) is 0 Å². The predicted octanol–water partition coefficient (Wildman–Crippen LogP) is 3.80. The van der Waals surface area contributed by atoms with Crippen LogP contribution in [0.1, 0.15) is 67.2 Å². The van der Waals surface area contributed by atoms with E-state index in [0.717, 1.165) is 38.3 Å². The van der Waals surface area contributed by atoms with E-state index in [4.69, 9.17) is 0 Å². The van der Waals surface area contributed by atoms with Crippen molar-refractivity contribution in [3.63, 3.8) is 0 Å². The summed E-state index contributed by atoms with van der Waals surface area (Å²) >= 11 is 0. The lowest BCUT2D eigenvalue weighted by molar-refractivity contribution is 0.228. The molecule has 118 valence electrons. The van der Waals surface area contributed by atoms with Crippen molar-refractivity contribution in [2.24, 2.45) is 5.92 Å². The fourth-order valence-electron chi connectivity index (χ4n) is 2.62. The average molecular weight is 281 g/mol. The highest BCUT2D eigenvalue weighted by Crippen LogP contribution is 2.18. The quantitative estimate of drug-likeness (QED) is 0.626. The Labute approximate surface area is 126 Å². The minimum Gasteiger partial charge on any atom is -0.303 e. The van der Waals surface area contributed by atoms with E-state index >= 15 is 0 Å². The maximum absolute atomic E-state index is 9.51. The van der Waals surface area contributed by atoms with Crippen molar-refractivity contribution in [2.45, 2.75) is 78.8 Å². The molecule has 0 aromatic heterocycles. The van der Waals surface area contributed by atoms with Crippen molar-refractivity contribution in [3.05, 3.63) is 0 Å². The lowest BCUT2D eigenvalue weighted by atomic mass is 9.91. The Balaban J connectivity index is 4.31. The maximum atomic E-state index is 9.51. The van der Waals surface area contributed by atoms with Gasteiger partial charge in [-0.1, -0.05) is 34.1 Å². The van der Waals surface area contributed by atoms with E-state index in [1.165, 1.54) is 13.0 Å². The molecular weight excluding hydrogens is 246 g/mol. The van der Waals surface area contributed by atoms with E-state index in [1.54, 1.807) is 0 Å². The molecule has 0 aromatic rings. The van der Waals surface area contributed by atoms with Gasteiger partial charge in [0, 0.05) is 12.6 Å². The van der Waals surface area contributed by atoms with E-state index in [2.05, 4.69) is 57.8 Å². The van der Waals surface area contributed by atoms with Gasteiger partial charge in [-0.05, 0) is 52.1 Å². The van der Waals surface area contributed by atoms with Gasteiger partial charge in [-0.2, -0.15) is 5.26 Å². The van der Waals surface area contributed by atoms with Gasteiger partial charge in [0.25, 0.3) is 0 Å². The molecule has 0 radical (unpaired) electrons. The minimum atomic E-state index is -0.343. The van der Waals surface area contributed by atoms with Crippen molar-refractivity contribution >= 4 is 0 Å². The fraction of sp³-hybridized carbons (Fsp3) is 0.941. The summed E-state index contributed by atoms with van der Waals surface area (Å²) in [6.45, 7) is 16.5. The first-order valence-electron chi connectivity index (χ1n) is 8.34. The van der Waals surface area contributed by atoms with Crippen molar-refractivity contribution in [1.29, 1.82) is 5.26 Å². The summed E-state index contributed by atoms with van der Waals surface area (Å²) in [5, 5.41) is 13.0. The van der Waals surface area contributed by atoms with Crippen LogP contribution < -0.4 is 5.32 Å². The zero-order chi connectivity index (χ0) is 15.6. The van der Waals surface area contributed by atoms with Crippen LogP contribution in [0.5, 0.6) is 0 Å². The number of nitriles is 1. The summed E-state index contributed by atoms with van der Waals surface area (Å²) in [6.07, 6.45) is 4.14. The first-order valence-corrected chi connectivity index (χ1v) is 8.34. The Hall–Kier alpha value is -0.590. The summed E-state index contributed by atoms with van der Waals surface area (Å²) in [4.78, 5) is 2.52. The second-order valence-corrected chi connectivity index (χ2v) is 6.36. The zero-order valence-corrected chi connectivity index (χ0v) is 14.5. The number of hydrogen-bond acceptors (Lipinski definition) is 3. The third-order valence-corrected chi connectivity index (χ3v) is 4.17. The average Bonchev–Trinajstić information content (AvgIpc) is 2.44. The molecule has 2 unspecified atom stereocenters. The normalized spacial score (nSPS) is 16.1. The Morgan fingerprint density at radius 3 is 2.25 bits per heavy atom. The molecule has 0 aliphatic carbocycles. The fourth-order valence-corrected chi connectivity index (χ4v) is 2.62. The smallest absolute Gasteiger partial charge is 0.106 e. The SMILES string of the molecule is CCC(C)CN(CC)CCCC(C#N)(CC)NC(C)C. The standard InChI is InChI=1S/C17H35N3/c1-7-16(6)13-20(9-3)12-10-11-17(8-2,14-18)19-15(4)5/h15-16,19H,7-13H2,1-6H3. The molecule has 0 bridgehead atoms. The van der Waals surface area contributed by atoms with Gasteiger partial charge in [-0.15, -0.1) is 0 Å². The first-order chi connectivity index (χ1) is 9.42. The van der Waals surface area contributed by atoms with Crippen LogP contribution in [0.25, 0.3) is 0 Å². The highest BCUT2D eigenvalue weighted by atomic mass is 15.1. The molecular formula is C17H35N3. The molecule has 0 heterocycles. The highest BCUT2D eigenvalue weighted by molar-refractivity contribution is 5.06. The molecule has 0 aliphatic rings. The molecule has 0 saturated heterocycles. The second kappa shape index (κ2) is 10.2. The number of nitrogens with one attached hydrogen (secondary N) is 1. The minimum absolute atomic E-state index is 0.343. The monoisotopic (exact) mass is 281 g/mol. The van der Waals surface area contributed by atoms with E-state index in [-0.39, 0.29) is 5.54 Å². The van der Waals surface area contributed by atoms with Gasteiger partial charge in [0.05, 0.1) is 6.07 Å². The van der Waals surface area contributed by atoms with E-state index in [1.807, 2.05) is 0 Å². The summed E-state index contributed by atoms with van der Waals surface area (Å²) < 4.78 is 0. The summed E-state index contributed by atoms with van der Waals surface area (Å²) in [5.74, 6) is 0.760. The van der Waals surface area contributed by atoms with Crippen molar-refractivity contribution in [3.8, 4) is 6.07 Å². The molecule has 2 atom stereocenters. The van der Waals surface area contributed by atoms with Crippen LogP contribution in [0.3, 0.4) is 0 Å². The summed E-state index contributed by atoms with van der Waals surface area (Å²) in [6, 6.07) is 2.87. The Bertz CT molecular complexity index is 282. The number of hydrogen-bond donors (Lipinski definition) is 1. The van der Waals surface area contributed by atoms with E-state index in [0.29, 0.717) is 6.04 Å². The molecule has 0 rings (SSSR count). The predicted molar refractivity (Wildman–Crippen MR) is 87.7 cm³/mol. The summed E-state index contributed by atoms with van der Waals surface area (Å²) in [5.41, 5.74) is -0.343. The largest absolute Gasteiger partial charge is 0.303 e. The third kappa shape index (κ3) is 7.26. The van der Waals surface area contributed by atoms with Crippen LogP contribution >= 0.6 is 0 Å². The lowest BCUT2D eigenvalue weighted by Gasteiger charge is -2.30. The molecule has 0 fully saturated rings. The number of rotatable bonds is 11. The molecule has 3 heteroatoms. The van der Waals surface area contributed by atoms with Gasteiger partial charge >= 0.3 is 0 Å². The van der Waals surface area contributed by atoms with E-state index in [9.17, 15) is 5.26 Å². The second-order valence-electron chi connectivity index (χ2n) is 6.36. The Morgan fingerprint density at radius 2 is 1.85 bits per heavy atom. The van der Waals surface area contributed by atoms with Gasteiger partial charge in [-0.3, -0.25) is 5.32 Å². The van der Waals surface area contributed by atoms with Crippen LogP contribution in [0.2, 0.25) is 0 Å². The van der Waals surface area contributed by atoms with Crippen LogP contribution in [0.15, 0.2) is 0 Å². The molecule has 20 heavy (non-hydrogen) atoms. The lowest BCUT2D eigenvalue weighted by Crippen LogP contribution is -2.47. The van der Waals surface area contributed by atoms with Crippen LogP contribution in [0.4, 0.5) is 0 Å². The summed E-state index contributed by atoms with van der Waals surface area (Å²) in [7, 11) is 0. The Kier molecular flexibility index (Phi) is 9.88. The van der Waals surface area contributed by atoms with Gasteiger partial charge in [-0.25, -0.2) is 0 Å². The van der Waals surface area contributed by atoms with Crippen molar-refractivity contribution < 1.29 is 0 Å². The Morgan fingerprint density at radius 1 is 1.20 bits per heavy atom. The van der Waals surface area contributed by atoms with Crippen molar-refractivity contribution in [1.82, 2.24) is 10.2 Å². The highest BCUT2D eigenvalue weighted by Gasteiger charge is 2.27. The van der Waals surface area contributed by atoms with E-state index < -0.39 is 0 Å². The van der Waals surface area contributed by atoms with Gasteiger partial charge in [0.1, 0.15) is 5.54 Å². The zero-order valence-electron chi connectivity index (χ0n) is 14.5. The van der Waals surface area contributed by atoms with Gasteiger partial charge in [0.2, 0.25) is 0 Å².